The highest BCUT2D eigenvalue weighted by Gasteiger charge is 2.12. The first-order valence-corrected chi connectivity index (χ1v) is 8.84. The van der Waals surface area contributed by atoms with E-state index in [0.717, 1.165) is 0 Å². The third kappa shape index (κ3) is 5.88. The molecular weight excluding hydrogens is 380 g/mol. The lowest BCUT2D eigenvalue weighted by molar-refractivity contribution is -0.112. The van der Waals surface area contributed by atoms with Gasteiger partial charge in [-0.05, 0) is 48.0 Å². The molecule has 0 heterocycles. The Labute approximate surface area is 153 Å². The van der Waals surface area contributed by atoms with Crippen molar-refractivity contribution in [1.29, 1.82) is 5.26 Å². The Morgan fingerprint density at radius 2 is 1.74 bits per heavy atom. The first-order chi connectivity index (χ1) is 12.7. The molecule has 0 saturated heterocycles. The average molecular weight is 393 g/mol. The van der Waals surface area contributed by atoms with Gasteiger partial charge >= 0.3 is 6.61 Å². The quantitative estimate of drug-likeness (QED) is 0.577. The molecule has 0 aliphatic rings. The standard InChI is InChI=1S/C17H13F2N3O4S/c18-17(19)26-14-5-1-11(2-6-14)9-12(10-20)16(23)22-13-3-7-15(8-4-13)27(21,24)25/h1-9,17H,(H,22,23)(H2,21,24,25). The molecule has 0 unspecified atom stereocenters. The molecule has 10 heteroatoms. The molecule has 7 nitrogen and oxygen atoms in total. The molecule has 0 bridgehead atoms. The number of ether oxygens (including phenoxy) is 1. The second-order valence-electron chi connectivity index (χ2n) is 5.14. The van der Waals surface area contributed by atoms with Crippen molar-refractivity contribution in [3.05, 3.63) is 59.7 Å². The van der Waals surface area contributed by atoms with Gasteiger partial charge in [0.25, 0.3) is 5.91 Å². The lowest BCUT2D eigenvalue weighted by Gasteiger charge is -2.06. The van der Waals surface area contributed by atoms with Crippen molar-refractivity contribution >= 4 is 27.7 Å². The maximum absolute atomic E-state index is 12.2. The van der Waals surface area contributed by atoms with E-state index in [4.69, 9.17) is 10.4 Å². The normalized spacial score (nSPS) is 11.7. The smallest absolute Gasteiger partial charge is 0.387 e. The van der Waals surface area contributed by atoms with Crippen molar-refractivity contribution in [3.8, 4) is 11.8 Å². The van der Waals surface area contributed by atoms with E-state index in [0.29, 0.717) is 5.56 Å². The van der Waals surface area contributed by atoms with Crippen LogP contribution < -0.4 is 15.2 Å². The van der Waals surface area contributed by atoms with E-state index in [9.17, 15) is 22.0 Å². The predicted molar refractivity (Wildman–Crippen MR) is 93.1 cm³/mol. The van der Waals surface area contributed by atoms with Gasteiger partial charge in [0.2, 0.25) is 10.0 Å². The Morgan fingerprint density at radius 1 is 1.15 bits per heavy atom. The molecule has 0 aliphatic carbocycles. The highest BCUT2D eigenvalue weighted by atomic mass is 32.2. The Bertz CT molecular complexity index is 996. The lowest BCUT2D eigenvalue weighted by Crippen LogP contribution is -2.14. The van der Waals surface area contributed by atoms with Crippen LogP contribution in [0.15, 0.2) is 59.0 Å². The van der Waals surface area contributed by atoms with Crippen LogP contribution in [0.2, 0.25) is 0 Å². The van der Waals surface area contributed by atoms with Crippen molar-refractivity contribution in [1.82, 2.24) is 0 Å². The number of nitriles is 1. The van der Waals surface area contributed by atoms with Gasteiger partial charge in [0.05, 0.1) is 4.90 Å². The van der Waals surface area contributed by atoms with E-state index >= 15 is 0 Å². The summed E-state index contributed by atoms with van der Waals surface area (Å²) in [6.45, 7) is -2.95. The number of primary sulfonamides is 1. The maximum Gasteiger partial charge on any atom is 0.387 e. The molecule has 0 spiro atoms. The third-order valence-corrected chi connectivity index (χ3v) is 4.15. The minimum absolute atomic E-state index is 0.0555. The Morgan fingerprint density at radius 3 is 2.22 bits per heavy atom. The van der Waals surface area contributed by atoms with Crippen LogP contribution in [0.4, 0.5) is 14.5 Å². The maximum atomic E-state index is 12.2. The first-order valence-electron chi connectivity index (χ1n) is 7.30. The van der Waals surface area contributed by atoms with Gasteiger partial charge in [-0.3, -0.25) is 4.79 Å². The number of alkyl halides is 2. The van der Waals surface area contributed by atoms with Crippen LogP contribution in [-0.2, 0) is 14.8 Å². The number of amides is 1. The summed E-state index contributed by atoms with van der Waals surface area (Å²) in [4.78, 5) is 12.1. The molecule has 2 aromatic rings. The number of anilines is 1. The number of nitrogens with one attached hydrogen (secondary N) is 1. The summed E-state index contributed by atoms with van der Waals surface area (Å²) in [5.74, 6) is -0.784. The van der Waals surface area contributed by atoms with Gasteiger partial charge in [-0.1, -0.05) is 12.1 Å². The van der Waals surface area contributed by atoms with E-state index in [-0.39, 0.29) is 21.9 Å². The van der Waals surface area contributed by atoms with Gasteiger partial charge in [-0.25, -0.2) is 13.6 Å². The van der Waals surface area contributed by atoms with Gasteiger partial charge in [-0.2, -0.15) is 14.0 Å². The second-order valence-corrected chi connectivity index (χ2v) is 6.70. The lowest BCUT2D eigenvalue weighted by atomic mass is 10.1. The van der Waals surface area contributed by atoms with E-state index < -0.39 is 22.5 Å². The van der Waals surface area contributed by atoms with Crippen LogP contribution in [0.1, 0.15) is 5.56 Å². The topological polar surface area (TPSA) is 122 Å². The van der Waals surface area contributed by atoms with Crippen molar-refractivity contribution in [3.63, 3.8) is 0 Å². The SMILES string of the molecule is N#CC(=Cc1ccc(OC(F)F)cc1)C(=O)Nc1ccc(S(N)(=O)=O)cc1. The van der Waals surface area contributed by atoms with Crippen molar-refractivity contribution in [2.75, 3.05) is 5.32 Å². The number of carbonyl (C=O) groups excluding carboxylic acids is 1. The molecule has 140 valence electrons. The summed E-state index contributed by atoms with van der Waals surface area (Å²) in [6.07, 6.45) is 1.26. The van der Waals surface area contributed by atoms with E-state index in [1.807, 2.05) is 0 Å². The van der Waals surface area contributed by atoms with Gasteiger partial charge in [0.1, 0.15) is 17.4 Å². The van der Waals surface area contributed by atoms with Crippen LogP contribution in [0.5, 0.6) is 5.75 Å². The molecule has 0 atom stereocenters. The van der Waals surface area contributed by atoms with Crippen LogP contribution in [0.3, 0.4) is 0 Å². The van der Waals surface area contributed by atoms with E-state index in [2.05, 4.69) is 10.1 Å². The zero-order chi connectivity index (χ0) is 20.0. The third-order valence-electron chi connectivity index (χ3n) is 3.22. The van der Waals surface area contributed by atoms with Crippen molar-refractivity contribution in [2.24, 2.45) is 5.14 Å². The number of halogens is 2. The molecular formula is C17H13F2N3O4S. The van der Waals surface area contributed by atoms with Crippen molar-refractivity contribution < 1.29 is 26.7 Å². The molecule has 2 rings (SSSR count). The molecule has 3 N–H and O–H groups in total. The molecule has 0 fully saturated rings. The fourth-order valence-electron chi connectivity index (χ4n) is 1.99. The molecule has 0 aliphatic heterocycles. The van der Waals surface area contributed by atoms with Crippen molar-refractivity contribution in [2.45, 2.75) is 11.5 Å². The summed E-state index contributed by atoms with van der Waals surface area (Å²) in [5, 5.41) is 16.6. The fraction of sp³-hybridized carbons (Fsp3) is 0.0588. The number of nitrogens with two attached hydrogens (primary N) is 1. The zero-order valence-electron chi connectivity index (χ0n) is 13.6. The van der Waals surface area contributed by atoms with Gasteiger partial charge in [-0.15, -0.1) is 0 Å². The molecule has 0 aromatic heterocycles. The minimum atomic E-state index is -3.85. The summed E-state index contributed by atoms with van der Waals surface area (Å²) in [6, 6.07) is 12.2. The van der Waals surface area contributed by atoms with E-state index in [1.54, 1.807) is 6.07 Å². The van der Waals surface area contributed by atoms with Crippen LogP contribution in [0.25, 0.3) is 6.08 Å². The summed E-state index contributed by atoms with van der Waals surface area (Å²) < 4.78 is 50.8. The molecule has 2 aromatic carbocycles. The fourth-order valence-corrected chi connectivity index (χ4v) is 2.50. The second kappa shape index (κ2) is 8.39. The number of hydrogen-bond donors (Lipinski definition) is 2. The Hall–Kier alpha value is -3.29. The van der Waals surface area contributed by atoms with Gasteiger partial charge < -0.3 is 10.1 Å². The molecule has 0 radical (unpaired) electrons. The van der Waals surface area contributed by atoms with Crippen LogP contribution in [0, 0.1) is 11.3 Å². The Kier molecular flexibility index (Phi) is 6.23. The van der Waals surface area contributed by atoms with E-state index in [1.165, 1.54) is 54.6 Å². The molecule has 1 amide bonds. The number of carbonyl (C=O) groups is 1. The summed E-state index contributed by atoms with van der Waals surface area (Å²) in [7, 11) is -3.85. The number of sulfonamides is 1. The first kappa shape index (κ1) is 20.0. The Balaban J connectivity index is 2.13. The number of hydrogen-bond acceptors (Lipinski definition) is 5. The predicted octanol–water partition coefficient (Wildman–Crippen LogP) is 2.48. The monoisotopic (exact) mass is 393 g/mol. The van der Waals surface area contributed by atoms with Gasteiger partial charge in [0.15, 0.2) is 0 Å². The highest BCUT2D eigenvalue weighted by Crippen LogP contribution is 2.18. The molecule has 27 heavy (non-hydrogen) atoms. The number of rotatable bonds is 6. The average Bonchev–Trinajstić information content (AvgIpc) is 2.60. The van der Waals surface area contributed by atoms with Crippen LogP contribution in [-0.4, -0.2) is 20.9 Å². The summed E-state index contributed by atoms with van der Waals surface area (Å²) >= 11 is 0. The summed E-state index contributed by atoms with van der Waals surface area (Å²) in [5.41, 5.74) is 0.440. The highest BCUT2D eigenvalue weighted by molar-refractivity contribution is 7.89. The van der Waals surface area contributed by atoms with Crippen LogP contribution >= 0.6 is 0 Å². The number of nitrogens with zero attached hydrogens (tertiary/aromatic N) is 1. The molecule has 0 saturated carbocycles. The number of benzene rings is 2. The minimum Gasteiger partial charge on any atom is -0.435 e. The largest absolute Gasteiger partial charge is 0.435 e. The zero-order valence-corrected chi connectivity index (χ0v) is 14.4. The van der Waals surface area contributed by atoms with Gasteiger partial charge in [0, 0.05) is 5.69 Å².